The highest BCUT2D eigenvalue weighted by Gasteiger charge is 2.30. The lowest BCUT2D eigenvalue weighted by atomic mass is 9.78. The quantitative estimate of drug-likeness (QED) is 0.348. The van der Waals surface area contributed by atoms with E-state index in [0.29, 0.717) is 0 Å². The van der Waals surface area contributed by atoms with Crippen LogP contribution in [0, 0.1) is 23.7 Å². The zero-order valence-electron chi connectivity index (χ0n) is 15.4. The molecule has 0 N–H and O–H groups in total. The summed E-state index contributed by atoms with van der Waals surface area (Å²) in [5.41, 5.74) is 0. The summed E-state index contributed by atoms with van der Waals surface area (Å²) in [7, 11) is 0. The molecule has 0 heterocycles. The smallest absolute Gasteiger partial charge is 0.0207 e. The van der Waals surface area contributed by atoms with E-state index in [1.807, 2.05) is 5.92 Å². The van der Waals surface area contributed by atoms with Gasteiger partial charge in [0.25, 0.3) is 0 Å². The molecule has 0 heteroatoms. The summed E-state index contributed by atoms with van der Waals surface area (Å²) in [6.45, 7) is 9.48. The van der Waals surface area contributed by atoms with E-state index in [2.05, 4.69) is 27.7 Å². The lowest BCUT2D eigenvalue weighted by molar-refractivity contribution is 0.327. The molecular formula is C21H41. The normalized spacial score (nSPS) is 22.6. The third-order valence-electron chi connectivity index (χ3n) is 5.88. The molecule has 0 spiro atoms. The Labute approximate surface area is 135 Å². The van der Waals surface area contributed by atoms with Gasteiger partial charge in [-0.05, 0) is 49.4 Å². The second-order valence-electron chi connectivity index (χ2n) is 7.52. The molecule has 0 amide bonds. The van der Waals surface area contributed by atoms with Crippen LogP contribution >= 0.6 is 0 Å². The number of rotatable bonds is 12. The van der Waals surface area contributed by atoms with Gasteiger partial charge in [-0.1, -0.05) is 85.5 Å². The van der Waals surface area contributed by atoms with Crippen molar-refractivity contribution in [3.63, 3.8) is 0 Å². The van der Waals surface area contributed by atoms with Gasteiger partial charge in [-0.3, -0.25) is 0 Å². The van der Waals surface area contributed by atoms with E-state index in [1.54, 1.807) is 0 Å². The Morgan fingerprint density at radius 1 is 0.905 bits per heavy atom. The highest BCUT2D eigenvalue weighted by molar-refractivity contribution is 5.03. The molecule has 3 atom stereocenters. The van der Waals surface area contributed by atoms with Crippen molar-refractivity contribution >= 4 is 0 Å². The van der Waals surface area contributed by atoms with Gasteiger partial charge in [0.2, 0.25) is 0 Å². The summed E-state index contributed by atoms with van der Waals surface area (Å²) in [6.07, 6.45) is 18.8. The molecule has 1 rings (SSSR count). The largest absolute Gasteiger partial charge is 0.0654 e. The van der Waals surface area contributed by atoms with Gasteiger partial charge in [0, 0.05) is 0 Å². The molecular weight excluding hydrogens is 252 g/mol. The summed E-state index contributed by atoms with van der Waals surface area (Å²) in [5.74, 6) is 4.94. The minimum Gasteiger partial charge on any atom is -0.0654 e. The van der Waals surface area contributed by atoms with Crippen LogP contribution in [-0.2, 0) is 0 Å². The van der Waals surface area contributed by atoms with Crippen molar-refractivity contribution < 1.29 is 0 Å². The molecule has 3 unspecified atom stereocenters. The van der Waals surface area contributed by atoms with Crippen LogP contribution < -0.4 is 0 Å². The fraction of sp³-hybridized carbons (Fsp3) is 0.952. The SMILES string of the molecule is CCCCC(CC)C[C]1CCCC1CC(CC)CCCC. The summed E-state index contributed by atoms with van der Waals surface area (Å²) < 4.78 is 0. The van der Waals surface area contributed by atoms with E-state index < -0.39 is 0 Å². The van der Waals surface area contributed by atoms with Crippen molar-refractivity contribution in [3.05, 3.63) is 5.92 Å². The maximum absolute atomic E-state index is 2.41. The van der Waals surface area contributed by atoms with Crippen molar-refractivity contribution in [2.45, 2.75) is 111 Å². The monoisotopic (exact) mass is 293 g/mol. The molecule has 1 aliphatic rings. The van der Waals surface area contributed by atoms with Crippen molar-refractivity contribution in [2.24, 2.45) is 17.8 Å². The first-order valence-electron chi connectivity index (χ1n) is 10.1. The summed E-state index contributed by atoms with van der Waals surface area (Å²) in [5, 5.41) is 0. The third-order valence-corrected chi connectivity index (χ3v) is 5.88. The van der Waals surface area contributed by atoms with Gasteiger partial charge < -0.3 is 0 Å². The molecule has 0 nitrogen and oxygen atoms in total. The lowest BCUT2D eigenvalue weighted by Crippen LogP contribution is -2.15. The van der Waals surface area contributed by atoms with Gasteiger partial charge >= 0.3 is 0 Å². The molecule has 1 radical (unpaired) electrons. The van der Waals surface area contributed by atoms with Gasteiger partial charge in [-0.15, -0.1) is 0 Å². The molecule has 0 aromatic heterocycles. The van der Waals surface area contributed by atoms with E-state index in [1.165, 1.54) is 83.5 Å². The molecule has 1 fully saturated rings. The minimum absolute atomic E-state index is 0.983. The van der Waals surface area contributed by atoms with Gasteiger partial charge in [0.05, 0.1) is 0 Å². The Morgan fingerprint density at radius 3 is 2.10 bits per heavy atom. The van der Waals surface area contributed by atoms with Gasteiger partial charge in [-0.25, -0.2) is 0 Å². The van der Waals surface area contributed by atoms with E-state index in [0.717, 1.165) is 17.8 Å². The van der Waals surface area contributed by atoms with Crippen LogP contribution in [0.4, 0.5) is 0 Å². The molecule has 0 aromatic carbocycles. The van der Waals surface area contributed by atoms with Gasteiger partial charge in [0.15, 0.2) is 0 Å². The predicted molar refractivity (Wildman–Crippen MR) is 96.4 cm³/mol. The van der Waals surface area contributed by atoms with E-state index in [9.17, 15) is 0 Å². The van der Waals surface area contributed by atoms with E-state index >= 15 is 0 Å². The Kier molecular flexibility index (Phi) is 10.5. The van der Waals surface area contributed by atoms with Crippen LogP contribution in [0.15, 0.2) is 0 Å². The van der Waals surface area contributed by atoms with Crippen LogP contribution in [0.2, 0.25) is 0 Å². The van der Waals surface area contributed by atoms with Crippen LogP contribution in [0.1, 0.15) is 111 Å². The van der Waals surface area contributed by atoms with Gasteiger partial charge in [0.1, 0.15) is 0 Å². The first-order valence-corrected chi connectivity index (χ1v) is 10.1. The first kappa shape index (κ1) is 19.0. The highest BCUT2D eigenvalue weighted by Crippen LogP contribution is 2.43. The molecule has 1 aliphatic carbocycles. The zero-order valence-corrected chi connectivity index (χ0v) is 15.4. The average molecular weight is 294 g/mol. The second kappa shape index (κ2) is 11.6. The Bertz CT molecular complexity index is 208. The Morgan fingerprint density at radius 2 is 1.52 bits per heavy atom. The third kappa shape index (κ3) is 7.20. The number of hydrogen-bond acceptors (Lipinski definition) is 0. The maximum Gasteiger partial charge on any atom is -0.0207 e. The Balaban J connectivity index is 2.41. The van der Waals surface area contributed by atoms with Crippen LogP contribution in [0.3, 0.4) is 0 Å². The summed E-state index contributed by atoms with van der Waals surface area (Å²) >= 11 is 0. The summed E-state index contributed by atoms with van der Waals surface area (Å²) in [4.78, 5) is 0. The van der Waals surface area contributed by atoms with Crippen molar-refractivity contribution in [3.8, 4) is 0 Å². The van der Waals surface area contributed by atoms with E-state index in [4.69, 9.17) is 0 Å². The van der Waals surface area contributed by atoms with Crippen LogP contribution in [0.25, 0.3) is 0 Å². The molecule has 125 valence electrons. The lowest BCUT2D eigenvalue weighted by Gasteiger charge is -2.27. The molecule has 21 heavy (non-hydrogen) atoms. The fourth-order valence-corrected chi connectivity index (χ4v) is 4.23. The molecule has 0 bridgehead atoms. The topological polar surface area (TPSA) is 0 Å². The van der Waals surface area contributed by atoms with Crippen molar-refractivity contribution in [2.75, 3.05) is 0 Å². The molecule has 0 aromatic rings. The van der Waals surface area contributed by atoms with Crippen LogP contribution in [-0.4, -0.2) is 0 Å². The number of unbranched alkanes of at least 4 members (excludes halogenated alkanes) is 2. The number of hydrogen-bond donors (Lipinski definition) is 0. The summed E-state index contributed by atoms with van der Waals surface area (Å²) in [6, 6.07) is 0. The second-order valence-corrected chi connectivity index (χ2v) is 7.52. The first-order chi connectivity index (χ1) is 10.2. The zero-order chi connectivity index (χ0) is 15.5. The van der Waals surface area contributed by atoms with Crippen molar-refractivity contribution in [1.82, 2.24) is 0 Å². The highest BCUT2D eigenvalue weighted by atomic mass is 14.4. The molecule has 0 saturated heterocycles. The minimum atomic E-state index is 0.983. The standard InChI is InChI=1S/C21H41/c1-5-9-12-18(7-3)16-20-14-11-15-21(20)17-19(8-4)13-10-6-2/h18-20H,5-17H2,1-4H3. The Hall–Kier alpha value is 0. The van der Waals surface area contributed by atoms with Crippen LogP contribution in [0.5, 0.6) is 0 Å². The average Bonchev–Trinajstić information content (AvgIpc) is 2.94. The van der Waals surface area contributed by atoms with Crippen molar-refractivity contribution in [1.29, 1.82) is 0 Å². The molecule has 1 saturated carbocycles. The predicted octanol–water partition coefficient (Wildman–Crippen LogP) is 7.57. The van der Waals surface area contributed by atoms with E-state index in [-0.39, 0.29) is 0 Å². The maximum atomic E-state index is 2.41. The fourth-order valence-electron chi connectivity index (χ4n) is 4.23. The molecule has 0 aliphatic heterocycles. The van der Waals surface area contributed by atoms with Gasteiger partial charge in [-0.2, -0.15) is 0 Å².